The van der Waals surface area contributed by atoms with Gasteiger partial charge in [-0.05, 0) is 37.6 Å². The second-order valence-electron chi connectivity index (χ2n) is 5.99. The molecule has 0 aliphatic heterocycles. The van der Waals surface area contributed by atoms with Crippen LogP contribution in [0.3, 0.4) is 0 Å². The largest absolute Gasteiger partial charge is 0.345 e. The molecule has 2 atom stereocenters. The molecule has 122 valence electrons. The van der Waals surface area contributed by atoms with Gasteiger partial charge in [0.05, 0.1) is 6.54 Å². The van der Waals surface area contributed by atoms with Crippen LogP contribution in [0, 0.1) is 6.92 Å². The van der Waals surface area contributed by atoms with Crippen LogP contribution in [-0.2, 0) is 6.54 Å². The first-order chi connectivity index (χ1) is 11.7. The molecule has 6 heteroatoms. The van der Waals surface area contributed by atoms with Gasteiger partial charge in [-0.15, -0.1) is 11.3 Å². The number of nitrogens with one attached hydrogen (secondary N) is 1. The molecule has 3 aromatic rings. The molecular formula is C18H17N3O2S. The van der Waals surface area contributed by atoms with Crippen LogP contribution in [-0.4, -0.2) is 16.0 Å². The van der Waals surface area contributed by atoms with E-state index in [-0.39, 0.29) is 12.5 Å². The van der Waals surface area contributed by atoms with Crippen molar-refractivity contribution in [2.45, 2.75) is 31.7 Å². The summed E-state index contributed by atoms with van der Waals surface area (Å²) in [4.78, 5) is 19.2. The zero-order chi connectivity index (χ0) is 16.5. The lowest BCUT2D eigenvalue weighted by Gasteiger charge is -2.01. The molecule has 1 aromatic carbocycles. The number of aromatic nitrogens is 2. The summed E-state index contributed by atoms with van der Waals surface area (Å²) in [5, 5.41) is 6.79. The normalized spacial score (nSPS) is 19.2. The number of hydrogen-bond donors (Lipinski definition) is 1. The first-order valence-electron chi connectivity index (χ1n) is 7.93. The molecule has 0 radical (unpaired) electrons. The van der Waals surface area contributed by atoms with Crippen LogP contribution in [0.4, 0.5) is 0 Å². The van der Waals surface area contributed by atoms with Crippen LogP contribution >= 0.6 is 11.3 Å². The van der Waals surface area contributed by atoms with Gasteiger partial charge in [-0.3, -0.25) is 4.79 Å². The lowest BCUT2D eigenvalue weighted by Crippen LogP contribution is -2.23. The van der Waals surface area contributed by atoms with Crippen molar-refractivity contribution in [1.82, 2.24) is 15.5 Å². The van der Waals surface area contributed by atoms with Crippen molar-refractivity contribution in [3.63, 3.8) is 0 Å². The van der Waals surface area contributed by atoms with Crippen molar-refractivity contribution in [1.29, 1.82) is 0 Å². The maximum Gasteiger partial charge on any atom is 0.251 e. The van der Waals surface area contributed by atoms with Gasteiger partial charge in [-0.25, -0.2) is 0 Å². The first kappa shape index (κ1) is 15.1. The Morgan fingerprint density at radius 2 is 2.08 bits per heavy atom. The van der Waals surface area contributed by atoms with Gasteiger partial charge < -0.3 is 9.84 Å². The fraction of sp³-hybridized carbons (Fsp3) is 0.278. The molecule has 2 aromatic heterocycles. The van der Waals surface area contributed by atoms with Crippen LogP contribution in [0.2, 0.25) is 0 Å². The van der Waals surface area contributed by atoms with E-state index in [4.69, 9.17) is 4.52 Å². The fourth-order valence-electron chi connectivity index (χ4n) is 2.78. The second-order valence-corrected chi connectivity index (χ2v) is 7.31. The molecule has 4 rings (SSSR count). The van der Waals surface area contributed by atoms with Crippen LogP contribution in [0.5, 0.6) is 0 Å². The molecule has 0 unspecified atom stereocenters. The predicted molar refractivity (Wildman–Crippen MR) is 91.1 cm³/mol. The molecule has 1 saturated carbocycles. The SMILES string of the molecule is Cc1ccc([C@@H]2C[C@H]2c2nc(CNC(=O)c3ccccc3)no2)s1. The molecule has 0 bridgehead atoms. The van der Waals surface area contributed by atoms with Gasteiger partial charge in [0, 0.05) is 27.2 Å². The van der Waals surface area contributed by atoms with Gasteiger partial charge in [0.15, 0.2) is 5.82 Å². The number of benzene rings is 1. The van der Waals surface area contributed by atoms with E-state index in [0.717, 1.165) is 6.42 Å². The van der Waals surface area contributed by atoms with Gasteiger partial charge >= 0.3 is 0 Å². The van der Waals surface area contributed by atoms with Crippen molar-refractivity contribution < 1.29 is 9.32 Å². The van der Waals surface area contributed by atoms with E-state index < -0.39 is 0 Å². The highest BCUT2D eigenvalue weighted by Gasteiger charge is 2.44. The molecule has 0 spiro atoms. The highest BCUT2D eigenvalue weighted by molar-refractivity contribution is 7.12. The quantitative estimate of drug-likeness (QED) is 0.770. The van der Waals surface area contributed by atoms with Gasteiger partial charge in [0.25, 0.3) is 5.91 Å². The number of nitrogens with zero attached hydrogens (tertiary/aromatic N) is 2. The zero-order valence-electron chi connectivity index (χ0n) is 13.2. The van der Waals surface area contributed by atoms with E-state index in [9.17, 15) is 4.79 Å². The maximum absolute atomic E-state index is 12.0. The minimum Gasteiger partial charge on any atom is -0.345 e. The average molecular weight is 339 g/mol. The Kier molecular flexibility index (Phi) is 3.90. The highest BCUT2D eigenvalue weighted by atomic mass is 32.1. The second kappa shape index (κ2) is 6.20. The molecular weight excluding hydrogens is 322 g/mol. The van der Waals surface area contributed by atoms with Crippen molar-refractivity contribution in [2.75, 3.05) is 0 Å². The van der Waals surface area contributed by atoms with E-state index in [0.29, 0.717) is 29.1 Å². The number of carbonyl (C=O) groups excluding carboxylic acids is 1. The minimum atomic E-state index is -0.139. The number of carbonyl (C=O) groups is 1. The topological polar surface area (TPSA) is 68.0 Å². The van der Waals surface area contributed by atoms with E-state index in [1.807, 2.05) is 29.5 Å². The third-order valence-electron chi connectivity index (χ3n) is 4.16. The van der Waals surface area contributed by atoms with Crippen molar-refractivity contribution in [2.24, 2.45) is 0 Å². The Balaban J connectivity index is 1.35. The van der Waals surface area contributed by atoms with Crippen LogP contribution < -0.4 is 5.32 Å². The fourth-order valence-corrected chi connectivity index (χ4v) is 3.83. The van der Waals surface area contributed by atoms with Gasteiger partial charge in [0.1, 0.15) is 0 Å². The number of aryl methyl sites for hydroxylation is 1. The molecule has 0 saturated heterocycles. The Morgan fingerprint density at radius 1 is 1.25 bits per heavy atom. The lowest BCUT2D eigenvalue weighted by atomic mass is 10.2. The standard InChI is InChI=1S/C18H17N3O2S/c1-11-7-8-15(24-11)13-9-14(13)18-20-16(21-23-18)10-19-17(22)12-5-3-2-4-6-12/h2-8,13-14H,9-10H2,1H3,(H,19,22)/t13-,14-/m1/s1. The zero-order valence-corrected chi connectivity index (χ0v) is 14.0. The van der Waals surface area contributed by atoms with Crippen LogP contribution in [0.25, 0.3) is 0 Å². The molecule has 1 fully saturated rings. The highest BCUT2D eigenvalue weighted by Crippen LogP contribution is 2.55. The summed E-state index contributed by atoms with van der Waals surface area (Å²) in [5.41, 5.74) is 0.622. The molecule has 2 heterocycles. The van der Waals surface area contributed by atoms with Crippen molar-refractivity contribution in [3.8, 4) is 0 Å². The van der Waals surface area contributed by atoms with E-state index in [1.54, 1.807) is 12.1 Å². The number of hydrogen-bond acceptors (Lipinski definition) is 5. The predicted octanol–water partition coefficient (Wildman–Crippen LogP) is 3.64. The Bertz CT molecular complexity index is 856. The Hall–Kier alpha value is -2.47. The van der Waals surface area contributed by atoms with E-state index in [1.165, 1.54) is 9.75 Å². The summed E-state index contributed by atoms with van der Waals surface area (Å²) in [7, 11) is 0. The molecule has 1 N–H and O–H groups in total. The van der Waals surface area contributed by atoms with Crippen molar-refractivity contribution >= 4 is 17.2 Å². The third-order valence-corrected chi connectivity index (χ3v) is 5.29. The maximum atomic E-state index is 12.0. The summed E-state index contributed by atoms with van der Waals surface area (Å²) in [6.07, 6.45) is 1.05. The van der Waals surface area contributed by atoms with Gasteiger partial charge in [-0.1, -0.05) is 23.4 Å². The van der Waals surface area contributed by atoms with Crippen LogP contribution in [0.1, 0.15) is 50.1 Å². The summed E-state index contributed by atoms with van der Waals surface area (Å²) >= 11 is 1.83. The van der Waals surface area contributed by atoms with Crippen molar-refractivity contribution in [3.05, 3.63) is 69.5 Å². The molecule has 24 heavy (non-hydrogen) atoms. The van der Waals surface area contributed by atoms with E-state index in [2.05, 4.69) is 34.5 Å². The Morgan fingerprint density at radius 3 is 2.83 bits per heavy atom. The lowest BCUT2D eigenvalue weighted by molar-refractivity contribution is 0.0949. The molecule has 1 aliphatic rings. The molecule has 5 nitrogen and oxygen atoms in total. The summed E-state index contributed by atoms with van der Waals surface area (Å²) in [5.74, 6) is 1.86. The molecule has 1 amide bonds. The van der Waals surface area contributed by atoms with Gasteiger partial charge in [-0.2, -0.15) is 4.98 Å². The van der Waals surface area contributed by atoms with Gasteiger partial charge in [0.2, 0.25) is 5.89 Å². The van der Waals surface area contributed by atoms with E-state index >= 15 is 0 Å². The monoisotopic (exact) mass is 339 g/mol. The summed E-state index contributed by atoms with van der Waals surface area (Å²) < 4.78 is 5.38. The average Bonchev–Trinajstić information content (AvgIpc) is 3.05. The smallest absolute Gasteiger partial charge is 0.251 e. The van der Waals surface area contributed by atoms with Crippen LogP contribution in [0.15, 0.2) is 47.0 Å². The number of thiophene rings is 1. The first-order valence-corrected chi connectivity index (χ1v) is 8.74. The minimum absolute atomic E-state index is 0.139. The summed E-state index contributed by atoms with van der Waals surface area (Å²) in [6.45, 7) is 2.39. The Labute approximate surface area is 143 Å². The third kappa shape index (κ3) is 3.10. The number of amides is 1. The molecule has 1 aliphatic carbocycles. The number of rotatable bonds is 5. The summed E-state index contributed by atoms with van der Waals surface area (Å²) in [6, 6.07) is 13.4.